The maximum absolute atomic E-state index is 12.2. The van der Waals surface area contributed by atoms with Crippen molar-refractivity contribution in [3.63, 3.8) is 0 Å². The normalized spacial score (nSPS) is 11.2. The smallest absolute Gasteiger partial charge is 0.325 e. The maximum atomic E-state index is 12.2. The zero-order chi connectivity index (χ0) is 15.0. The van der Waals surface area contributed by atoms with E-state index >= 15 is 0 Å². The molecule has 5 heteroatoms. The summed E-state index contributed by atoms with van der Waals surface area (Å²) in [5, 5.41) is 0. The van der Waals surface area contributed by atoms with Crippen molar-refractivity contribution in [2.45, 2.75) is 19.0 Å². The van der Waals surface area contributed by atoms with E-state index in [1.807, 2.05) is 30.3 Å². The number of hydrogen-bond donors (Lipinski definition) is 1. The Kier molecular flexibility index (Phi) is 6.27. The molecule has 1 unspecified atom stereocenters. The molecule has 0 aliphatic rings. The second-order valence-corrected chi connectivity index (χ2v) is 4.27. The Balaban J connectivity index is 2.82. The second kappa shape index (κ2) is 7.97. The average Bonchev–Trinajstić information content (AvgIpc) is 2.47. The fourth-order valence-corrected chi connectivity index (χ4v) is 1.68. The Labute approximate surface area is 118 Å². The highest BCUT2D eigenvalue weighted by molar-refractivity contribution is 5.85. The lowest BCUT2D eigenvalue weighted by Gasteiger charge is -2.24. The molecule has 0 radical (unpaired) electrons. The summed E-state index contributed by atoms with van der Waals surface area (Å²) in [6.07, 6.45) is 5.29. The van der Waals surface area contributed by atoms with Crippen LogP contribution < -0.4 is 5.73 Å². The molecule has 0 saturated carbocycles. The standard InChI is InChI=1S/C15H18N2O3/c1-3-7-13(16)15(19)17(11-14(18)20-2)10-12-8-5-4-6-9-12/h1,4-6,8-9,13H,7,10-11,16H2,2H3. The lowest BCUT2D eigenvalue weighted by Crippen LogP contribution is -2.45. The third kappa shape index (κ3) is 4.75. The van der Waals surface area contributed by atoms with E-state index in [1.165, 1.54) is 12.0 Å². The molecule has 1 amide bonds. The quantitative estimate of drug-likeness (QED) is 0.607. The molecule has 0 spiro atoms. The van der Waals surface area contributed by atoms with Gasteiger partial charge in [0.2, 0.25) is 5.91 Å². The first-order valence-corrected chi connectivity index (χ1v) is 6.17. The summed E-state index contributed by atoms with van der Waals surface area (Å²) in [6, 6.07) is 8.51. The van der Waals surface area contributed by atoms with Gasteiger partial charge in [0.15, 0.2) is 0 Å². The number of ether oxygens (including phenoxy) is 1. The van der Waals surface area contributed by atoms with Crippen LogP contribution in [-0.2, 0) is 20.9 Å². The Morgan fingerprint density at radius 1 is 1.40 bits per heavy atom. The Morgan fingerprint density at radius 2 is 2.05 bits per heavy atom. The molecular formula is C15H18N2O3. The van der Waals surface area contributed by atoms with Crippen molar-refractivity contribution in [3.05, 3.63) is 35.9 Å². The van der Waals surface area contributed by atoms with Crippen LogP contribution in [0.25, 0.3) is 0 Å². The molecule has 2 N–H and O–H groups in total. The van der Waals surface area contributed by atoms with Gasteiger partial charge in [0.05, 0.1) is 13.2 Å². The van der Waals surface area contributed by atoms with Crippen LogP contribution in [0.5, 0.6) is 0 Å². The van der Waals surface area contributed by atoms with Gasteiger partial charge in [-0.25, -0.2) is 0 Å². The zero-order valence-corrected chi connectivity index (χ0v) is 11.4. The predicted octanol–water partition coefficient (Wildman–Crippen LogP) is 0.539. The number of terminal acetylenes is 1. The van der Waals surface area contributed by atoms with Crippen LogP contribution in [0, 0.1) is 12.3 Å². The van der Waals surface area contributed by atoms with Crippen LogP contribution in [0.15, 0.2) is 30.3 Å². The van der Waals surface area contributed by atoms with E-state index in [4.69, 9.17) is 12.2 Å². The summed E-state index contributed by atoms with van der Waals surface area (Å²) in [6.45, 7) is 0.134. The first kappa shape index (κ1) is 15.7. The highest BCUT2D eigenvalue weighted by Crippen LogP contribution is 2.07. The minimum Gasteiger partial charge on any atom is -0.468 e. The fraction of sp³-hybridized carbons (Fsp3) is 0.333. The number of benzene rings is 1. The largest absolute Gasteiger partial charge is 0.468 e. The lowest BCUT2D eigenvalue weighted by atomic mass is 10.1. The van der Waals surface area contributed by atoms with Crippen LogP contribution in [0.2, 0.25) is 0 Å². The van der Waals surface area contributed by atoms with Crippen LogP contribution in [-0.4, -0.2) is 36.5 Å². The van der Waals surface area contributed by atoms with E-state index < -0.39 is 12.0 Å². The average molecular weight is 274 g/mol. The molecular weight excluding hydrogens is 256 g/mol. The summed E-state index contributed by atoms with van der Waals surface area (Å²) in [4.78, 5) is 24.9. The number of carbonyl (C=O) groups excluding carboxylic acids is 2. The van der Waals surface area contributed by atoms with E-state index in [-0.39, 0.29) is 25.4 Å². The summed E-state index contributed by atoms with van der Waals surface area (Å²) in [7, 11) is 1.27. The Bertz CT molecular complexity index is 494. The Hall–Kier alpha value is -2.32. The molecule has 1 aromatic carbocycles. The van der Waals surface area contributed by atoms with Crippen molar-refractivity contribution in [3.8, 4) is 12.3 Å². The minimum atomic E-state index is -0.812. The number of rotatable bonds is 6. The minimum absolute atomic E-state index is 0.130. The van der Waals surface area contributed by atoms with Crippen molar-refractivity contribution in [2.75, 3.05) is 13.7 Å². The van der Waals surface area contributed by atoms with Gasteiger partial charge in [0.25, 0.3) is 0 Å². The van der Waals surface area contributed by atoms with Gasteiger partial charge >= 0.3 is 5.97 Å². The van der Waals surface area contributed by atoms with Crippen LogP contribution in [0.4, 0.5) is 0 Å². The van der Waals surface area contributed by atoms with Gasteiger partial charge in [-0.15, -0.1) is 12.3 Å². The van der Waals surface area contributed by atoms with Crippen LogP contribution >= 0.6 is 0 Å². The maximum Gasteiger partial charge on any atom is 0.325 e. The first-order chi connectivity index (χ1) is 9.58. The van der Waals surface area contributed by atoms with Gasteiger partial charge in [-0.2, -0.15) is 0 Å². The van der Waals surface area contributed by atoms with Gasteiger partial charge in [-0.3, -0.25) is 9.59 Å². The van der Waals surface area contributed by atoms with E-state index in [0.717, 1.165) is 5.56 Å². The molecule has 1 aromatic rings. The third-order valence-corrected chi connectivity index (χ3v) is 2.73. The third-order valence-electron chi connectivity index (χ3n) is 2.73. The fourth-order valence-electron chi connectivity index (χ4n) is 1.68. The van der Waals surface area contributed by atoms with Gasteiger partial charge in [-0.1, -0.05) is 30.3 Å². The zero-order valence-electron chi connectivity index (χ0n) is 11.4. The molecule has 20 heavy (non-hydrogen) atoms. The molecule has 0 aliphatic carbocycles. The molecule has 1 atom stereocenters. The van der Waals surface area contributed by atoms with E-state index in [1.54, 1.807) is 0 Å². The second-order valence-electron chi connectivity index (χ2n) is 4.27. The summed E-state index contributed by atoms with van der Waals surface area (Å²) < 4.78 is 4.59. The van der Waals surface area contributed by atoms with E-state index in [0.29, 0.717) is 0 Å². The van der Waals surface area contributed by atoms with Crippen molar-refractivity contribution < 1.29 is 14.3 Å². The molecule has 0 aromatic heterocycles. The lowest BCUT2D eigenvalue weighted by molar-refractivity contribution is -0.147. The SMILES string of the molecule is C#CCC(N)C(=O)N(CC(=O)OC)Cc1ccccc1. The predicted molar refractivity (Wildman–Crippen MR) is 75.3 cm³/mol. The number of hydrogen-bond acceptors (Lipinski definition) is 4. The number of carbonyl (C=O) groups is 2. The molecule has 0 saturated heterocycles. The number of nitrogens with zero attached hydrogens (tertiary/aromatic N) is 1. The van der Waals surface area contributed by atoms with Crippen LogP contribution in [0.1, 0.15) is 12.0 Å². The molecule has 0 aliphatic heterocycles. The van der Waals surface area contributed by atoms with Gasteiger partial charge < -0.3 is 15.4 Å². The van der Waals surface area contributed by atoms with Crippen molar-refractivity contribution in [1.29, 1.82) is 0 Å². The molecule has 0 bridgehead atoms. The summed E-state index contributed by atoms with van der Waals surface area (Å²) in [5.74, 6) is 1.48. The number of esters is 1. The van der Waals surface area contributed by atoms with Gasteiger partial charge in [0, 0.05) is 13.0 Å². The van der Waals surface area contributed by atoms with Crippen molar-refractivity contribution in [1.82, 2.24) is 4.90 Å². The molecule has 0 fully saturated rings. The van der Waals surface area contributed by atoms with Gasteiger partial charge in [0.1, 0.15) is 6.54 Å². The highest BCUT2D eigenvalue weighted by atomic mass is 16.5. The summed E-state index contributed by atoms with van der Waals surface area (Å²) >= 11 is 0. The molecule has 106 valence electrons. The summed E-state index contributed by atoms with van der Waals surface area (Å²) in [5.41, 5.74) is 6.61. The Morgan fingerprint density at radius 3 is 2.60 bits per heavy atom. The van der Waals surface area contributed by atoms with Crippen molar-refractivity contribution in [2.24, 2.45) is 5.73 Å². The molecule has 5 nitrogen and oxygen atoms in total. The first-order valence-electron chi connectivity index (χ1n) is 6.17. The van der Waals surface area contributed by atoms with E-state index in [9.17, 15) is 9.59 Å². The van der Waals surface area contributed by atoms with Crippen molar-refractivity contribution >= 4 is 11.9 Å². The number of nitrogens with two attached hydrogens (primary N) is 1. The van der Waals surface area contributed by atoms with Crippen LogP contribution in [0.3, 0.4) is 0 Å². The number of amides is 1. The molecule has 0 heterocycles. The van der Waals surface area contributed by atoms with E-state index in [2.05, 4.69) is 10.7 Å². The van der Waals surface area contributed by atoms with Gasteiger partial charge in [-0.05, 0) is 5.56 Å². The topological polar surface area (TPSA) is 72.6 Å². The number of methoxy groups -OCH3 is 1. The monoisotopic (exact) mass is 274 g/mol. The molecule has 1 rings (SSSR count). The highest BCUT2D eigenvalue weighted by Gasteiger charge is 2.23.